The number of allylic oxidation sites excluding steroid dienone is 1. The van der Waals surface area contributed by atoms with Crippen molar-refractivity contribution in [2.75, 3.05) is 0 Å². The highest BCUT2D eigenvalue weighted by molar-refractivity contribution is 4.84. The smallest absolute Gasteiger partial charge is 0.174 e. The highest BCUT2D eigenvalue weighted by Crippen LogP contribution is 2.42. The van der Waals surface area contributed by atoms with E-state index in [0.29, 0.717) is 12.3 Å². The zero-order chi connectivity index (χ0) is 14.4. The van der Waals surface area contributed by atoms with Gasteiger partial charge >= 0.3 is 0 Å². The van der Waals surface area contributed by atoms with Crippen LogP contribution in [0.5, 0.6) is 0 Å². The van der Waals surface area contributed by atoms with Gasteiger partial charge in [0, 0.05) is 0 Å². The van der Waals surface area contributed by atoms with Crippen LogP contribution < -0.4 is 0 Å². The SMILES string of the molecule is CC[C@H]1CC[C@H]([C@H]2CC[C@H](CCC=C(F)F)CC2)CC1. The Bertz CT molecular complexity index is 291. The molecule has 2 fully saturated rings. The maximum Gasteiger partial charge on any atom is 0.266 e. The van der Waals surface area contributed by atoms with Gasteiger partial charge in [-0.3, -0.25) is 0 Å². The number of rotatable bonds is 5. The van der Waals surface area contributed by atoms with Gasteiger partial charge < -0.3 is 0 Å². The van der Waals surface area contributed by atoms with Crippen LogP contribution in [0.25, 0.3) is 0 Å². The summed E-state index contributed by atoms with van der Waals surface area (Å²) in [7, 11) is 0. The van der Waals surface area contributed by atoms with Crippen molar-refractivity contribution in [3.05, 3.63) is 12.2 Å². The average Bonchev–Trinajstić information content (AvgIpc) is 2.48. The van der Waals surface area contributed by atoms with Crippen molar-refractivity contribution in [1.29, 1.82) is 0 Å². The van der Waals surface area contributed by atoms with Gasteiger partial charge in [0.2, 0.25) is 0 Å². The standard InChI is InChI=1S/C18H30F2/c1-2-14-6-10-16(11-7-14)17-12-8-15(9-13-17)4-3-5-18(19)20/h5,14-17H,2-4,6-13H2,1H3/t14-,15-,16-,17-. The molecule has 0 aromatic carbocycles. The Balaban J connectivity index is 1.65. The Morgan fingerprint density at radius 1 is 0.850 bits per heavy atom. The van der Waals surface area contributed by atoms with Crippen LogP contribution in [0.2, 0.25) is 0 Å². The van der Waals surface area contributed by atoms with E-state index in [9.17, 15) is 8.78 Å². The molecule has 20 heavy (non-hydrogen) atoms. The molecule has 116 valence electrons. The lowest BCUT2D eigenvalue weighted by atomic mass is 9.68. The van der Waals surface area contributed by atoms with E-state index in [0.717, 1.165) is 30.3 Å². The summed E-state index contributed by atoms with van der Waals surface area (Å²) in [5.41, 5.74) is 0. The Hall–Kier alpha value is -0.400. The van der Waals surface area contributed by atoms with Crippen LogP contribution in [0.1, 0.15) is 77.6 Å². The summed E-state index contributed by atoms with van der Waals surface area (Å²) in [5, 5.41) is 0. The molecule has 0 bridgehead atoms. The largest absolute Gasteiger partial charge is 0.266 e. The summed E-state index contributed by atoms with van der Waals surface area (Å²) in [4.78, 5) is 0. The van der Waals surface area contributed by atoms with Gasteiger partial charge in [0.25, 0.3) is 6.08 Å². The molecule has 0 atom stereocenters. The van der Waals surface area contributed by atoms with Crippen molar-refractivity contribution in [2.24, 2.45) is 23.7 Å². The second kappa shape index (κ2) is 8.14. The van der Waals surface area contributed by atoms with Gasteiger partial charge in [0.05, 0.1) is 0 Å². The van der Waals surface area contributed by atoms with E-state index >= 15 is 0 Å². The molecule has 2 rings (SSSR count). The van der Waals surface area contributed by atoms with E-state index in [1.165, 1.54) is 57.8 Å². The van der Waals surface area contributed by atoms with Gasteiger partial charge in [-0.05, 0) is 68.3 Å². The van der Waals surface area contributed by atoms with Crippen molar-refractivity contribution in [3.63, 3.8) is 0 Å². The topological polar surface area (TPSA) is 0 Å². The lowest BCUT2D eigenvalue weighted by Crippen LogP contribution is -2.25. The van der Waals surface area contributed by atoms with Gasteiger partial charge in [-0.2, -0.15) is 8.78 Å². The third-order valence-electron chi connectivity index (χ3n) is 5.90. The van der Waals surface area contributed by atoms with E-state index in [1.807, 2.05) is 0 Å². The quantitative estimate of drug-likeness (QED) is 0.535. The molecule has 0 heterocycles. The molecule has 2 aliphatic carbocycles. The molecule has 0 spiro atoms. The molecule has 0 saturated heterocycles. The lowest BCUT2D eigenvalue weighted by Gasteiger charge is -2.37. The third-order valence-corrected chi connectivity index (χ3v) is 5.90. The molecule has 2 aliphatic rings. The summed E-state index contributed by atoms with van der Waals surface area (Å²) >= 11 is 0. The number of hydrogen-bond acceptors (Lipinski definition) is 0. The molecule has 0 aliphatic heterocycles. The molecule has 0 amide bonds. The predicted octanol–water partition coefficient (Wildman–Crippen LogP) is 6.57. The van der Waals surface area contributed by atoms with Crippen LogP contribution in [0.4, 0.5) is 8.78 Å². The fourth-order valence-electron chi connectivity index (χ4n) is 4.44. The van der Waals surface area contributed by atoms with E-state index in [4.69, 9.17) is 0 Å². The van der Waals surface area contributed by atoms with Gasteiger partial charge in [-0.1, -0.05) is 39.0 Å². The maximum absolute atomic E-state index is 12.0. The zero-order valence-electron chi connectivity index (χ0n) is 12.9. The zero-order valence-corrected chi connectivity index (χ0v) is 12.9. The predicted molar refractivity (Wildman–Crippen MR) is 80.7 cm³/mol. The summed E-state index contributed by atoms with van der Waals surface area (Å²) in [5.74, 6) is 3.61. The van der Waals surface area contributed by atoms with Crippen molar-refractivity contribution in [1.82, 2.24) is 0 Å². The first-order valence-electron chi connectivity index (χ1n) is 8.70. The van der Waals surface area contributed by atoms with Crippen LogP contribution in [0, 0.1) is 23.7 Å². The van der Waals surface area contributed by atoms with E-state index in [-0.39, 0.29) is 0 Å². The van der Waals surface area contributed by atoms with Gasteiger partial charge in [0.1, 0.15) is 0 Å². The Morgan fingerprint density at radius 2 is 1.35 bits per heavy atom. The first-order chi connectivity index (χ1) is 9.69. The van der Waals surface area contributed by atoms with Crippen molar-refractivity contribution >= 4 is 0 Å². The van der Waals surface area contributed by atoms with Crippen molar-refractivity contribution in [2.45, 2.75) is 77.6 Å². The van der Waals surface area contributed by atoms with Crippen LogP contribution in [-0.4, -0.2) is 0 Å². The monoisotopic (exact) mass is 284 g/mol. The van der Waals surface area contributed by atoms with E-state index in [1.54, 1.807) is 0 Å². The average molecular weight is 284 g/mol. The highest BCUT2D eigenvalue weighted by atomic mass is 19.3. The fourth-order valence-corrected chi connectivity index (χ4v) is 4.44. The first kappa shape index (κ1) is 16.0. The molecular weight excluding hydrogens is 254 g/mol. The van der Waals surface area contributed by atoms with Gasteiger partial charge in [-0.25, -0.2) is 0 Å². The normalized spacial score (nSPS) is 34.8. The molecule has 0 aromatic rings. The minimum absolute atomic E-state index is 0.569. The minimum Gasteiger partial charge on any atom is -0.174 e. The Kier molecular flexibility index (Phi) is 6.51. The van der Waals surface area contributed by atoms with Crippen molar-refractivity contribution in [3.8, 4) is 0 Å². The van der Waals surface area contributed by atoms with Crippen LogP contribution in [-0.2, 0) is 0 Å². The van der Waals surface area contributed by atoms with Crippen molar-refractivity contribution < 1.29 is 8.78 Å². The Labute approximate surface area is 123 Å². The first-order valence-corrected chi connectivity index (χ1v) is 8.70. The fraction of sp³-hybridized carbons (Fsp3) is 0.889. The summed E-state index contributed by atoms with van der Waals surface area (Å²) in [6.45, 7) is 2.32. The molecule has 0 N–H and O–H groups in total. The number of hydrogen-bond donors (Lipinski definition) is 0. The molecule has 2 saturated carbocycles. The maximum atomic E-state index is 12.0. The number of halogens is 2. The van der Waals surface area contributed by atoms with E-state index in [2.05, 4.69) is 6.92 Å². The molecule has 0 nitrogen and oxygen atoms in total. The molecular formula is C18H30F2. The minimum atomic E-state index is -1.51. The van der Waals surface area contributed by atoms with Crippen LogP contribution in [0.15, 0.2) is 12.2 Å². The second-order valence-electron chi connectivity index (χ2n) is 7.04. The molecule has 2 heteroatoms. The Morgan fingerprint density at radius 3 is 1.80 bits per heavy atom. The molecule has 0 unspecified atom stereocenters. The summed E-state index contributed by atoms with van der Waals surface area (Å²) in [6, 6.07) is 0. The van der Waals surface area contributed by atoms with Crippen LogP contribution in [0.3, 0.4) is 0 Å². The second-order valence-corrected chi connectivity index (χ2v) is 7.04. The van der Waals surface area contributed by atoms with Crippen LogP contribution >= 0.6 is 0 Å². The van der Waals surface area contributed by atoms with E-state index < -0.39 is 6.08 Å². The summed E-state index contributed by atoms with van der Waals surface area (Å²) < 4.78 is 24.0. The highest BCUT2D eigenvalue weighted by Gasteiger charge is 2.30. The molecule has 0 radical (unpaired) electrons. The molecule has 0 aromatic heterocycles. The third kappa shape index (κ3) is 4.86. The summed E-state index contributed by atoms with van der Waals surface area (Å²) in [6.07, 6.45) is 13.5. The van der Waals surface area contributed by atoms with Gasteiger partial charge in [-0.15, -0.1) is 0 Å². The lowest BCUT2D eigenvalue weighted by molar-refractivity contribution is 0.143. The van der Waals surface area contributed by atoms with Gasteiger partial charge in [0.15, 0.2) is 0 Å².